The summed E-state index contributed by atoms with van der Waals surface area (Å²) in [7, 11) is 0. The first-order chi connectivity index (χ1) is 17.0. The Balaban J connectivity index is 1.42. The van der Waals surface area contributed by atoms with Crippen molar-refractivity contribution in [3.63, 3.8) is 0 Å². The third-order valence-electron chi connectivity index (χ3n) is 7.84. The Morgan fingerprint density at radius 1 is 0.750 bits per heavy atom. The molecule has 0 aromatic heterocycles. The molecule has 0 aromatic carbocycles. The lowest BCUT2D eigenvalue weighted by Gasteiger charge is -2.49. The van der Waals surface area contributed by atoms with Crippen LogP contribution in [0.4, 0.5) is 0 Å². The van der Waals surface area contributed by atoms with Crippen LogP contribution in [0.25, 0.3) is 0 Å². The zero-order chi connectivity index (χ0) is 26.2. The molecule has 4 fully saturated rings. The molecule has 0 bridgehead atoms. The fourth-order valence-electron chi connectivity index (χ4n) is 5.69. The van der Waals surface area contributed by atoms with E-state index >= 15 is 0 Å². The summed E-state index contributed by atoms with van der Waals surface area (Å²) in [6.07, 6.45) is -16.7. The largest absolute Gasteiger partial charge is 0.472 e. The Morgan fingerprint density at radius 3 is 1.89 bits per heavy atom. The number of epoxide rings is 1. The lowest BCUT2D eigenvalue weighted by atomic mass is 9.81. The summed E-state index contributed by atoms with van der Waals surface area (Å²) in [4.78, 5) is 0. The van der Waals surface area contributed by atoms with E-state index in [4.69, 9.17) is 28.4 Å². The average molecular weight is 524 g/mol. The molecule has 1 aliphatic carbocycles. The Labute approximate surface area is 204 Å². The van der Waals surface area contributed by atoms with Crippen molar-refractivity contribution >= 4 is 0 Å². The first-order valence-corrected chi connectivity index (χ1v) is 11.6. The number of fused-ring (bicyclic) bond motifs is 3. The molecule has 36 heavy (non-hydrogen) atoms. The molecule has 0 unspecified atom stereocenters. The molecule has 5 rings (SSSR count). The van der Waals surface area contributed by atoms with Crippen molar-refractivity contribution in [2.45, 2.75) is 98.0 Å². The predicted octanol–water partition coefficient (Wildman–Crippen LogP) is -5.62. The summed E-state index contributed by atoms with van der Waals surface area (Å²) >= 11 is 0. The van der Waals surface area contributed by atoms with Crippen molar-refractivity contribution in [3.05, 3.63) is 12.3 Å². The number of rotatable bonds is 6. The third kappa shape index (κ3) is 3.82. The molecule has 4 aliphatic heterocycles. The number of ether oxygens (including phenoxy) is 6. The molecule has 0 spiro atoms. The smallest absolute Gasteiger partial charge is 0.210 e. The van der Waals surface area contributed by atoms with E-state index in [1.54, 1.807) is 6.92 Å². The number of hydrogen-bond donors (Lipinski definition) is 9. The van der Waals surface area contributed by atoms with Gasteiger partial charge < -0.3 is 74.4 Å². The van der Waals surface area contributed by atoms with Crippen LogP contribution >= 0.6 is 0 Å². The highest BCUT2D eigenvalue weighted by Crippen LogP contribution is 2.63. The van der Waals surface area contributed by atoms with Crippen molar-refractivity contribution < 1.29 is 74.4 Å². The third-order valence-corrected chi connectivity index (χ3v) is 7.84. The van der Waals surface area contributed by atoms with Gasteiger partial charge in [-0.15, -0.1) is 0 Å². The molecular formula is C21H32O15. The second-order valence-corrected chi connectivity index (χ2v) is 9.95. The zero-order valence-electron chi connectivity index (χ0n) is 19.1. The van der Waals surface area contributed by atoms with Gasteiger partial charge in [-0.05, 0) is 13.0 Å². The number of hydrogen-bond acceptors (Lipinski definition) is 15. The topological polar surface area (TPSA) is 241 Å². The summed E-state index contributed by atoms with van der Waals surface area (Å²) in [6, 6.07) is 0. The van der Waals surface area contributed by atoms with E-state index in [-0.39, 0.29) is 0 Å². The van der Waals surface area contributed by atoms with Crippen molar-refractivity contribution in [2.75, 3.05) is 13.2 Å². The molecular weight excluding hydrogens is 492 g/mol. The van der Waals surface area contributed by atoms with Gasteiger partial charge in [0.2, 0.25) is 6.29 Å². The van der Waals surface area contributed by atoms with Crippen LogP contribution in [0, 0.1) is 5.92 Å². The highest BCUT2D eigenvalue weighted by Gasteiger charge is 2.80. The van der Waals surface area contributed by atoms with Gasteiger partial charge in [-0.2, -0.15) is 0 Å². The van der Waals surface area contributed by atoms with E-state index in [0.29, 0.717) is 0 Å². The Hall–Kier alpha value is -1.02. The Bertz CT molecular complexity index is 840. The zero-order valence-corrected chi connectivity index (χ0v) is 19.1. The van der Waals surface area contributed by atoms with Crippen LogP contribution in [0.3, 0.4) is 0 Å². The van der Waals surface area contributed by atoms with Crippen LogP contribution in [-0.2, 0) is 28.4 Å². The lowest BCUT2D eigenvalue weighted by Crippen LogP contribution is -2.65. The summed E-state index contributed by atoms with van der Waals surface area (Å²) in [5, 5.41) is 91.4. The van der Waals surface area contributed by atoms with Gasteiger partial charge in [0.05, 0.1) is 25.4 Å². The molecule has 9 N–H and O–H groups in total. The normalized spacial score (nSPS) is 58.2. The van der Waals surface area contributed by atoms with Gasteiger partial charge in [0.25, 0.3) is 0 Å². The van der Waals surface area contributed by atoms with E-state index in [9.17, 15) is 46.0 Å². The first kappa shape index (κ1) is 26.6. The summed E-state index contributed by atoms with van der Waals surface area (Å²) in [5.74, 6) is -0.991. The van der Waals surface area contributed by atoms with Gasteiger partial charge >= 0.3 is 0 Å². The second-order valence-electron chi connectivity index (χ2n) is 9.95. The Kier molecular flexibility index (Phi) is 6.88. The minimum atomic E-state index is -1.75. The van der Waals surface area contributed by atoms with Gasteiger partial charge in [0.1, 0.15) is 72.2 Å². The van der Waals surface area contributed by atoms with E-state index in [2.05, 4.69) is 0 Å². The molecule has 206 valence electrons. The molecule has 16 atom stereocenters. The fraction of sp³-hybridized carbons (Fsp3) is 0.905. The quantitative estimate of drug-likeness (QED) is 0.147. The summed E-state index contributed by atoms with van der Waals surface area (Å²) < 4.78 is 34.0. The van der Waals surface area contributed by atoms with Crippen LogP contribution in [-0.4, -0.2) is 150 Å². The maximum Gasteiger partial charge on any atom is 0.210 e. The van der Waals surface area contributed by atoms with Crippen LogP contribution in [0.1, 0.15) is 6.92 Å². The second kappa shape index (κ2) is 9.32. The molecule has 5 aliphatic rings. The van der Waals surface area contributed by atoms with Crippen molar-refractivity contribution in [3.8, 4) is 0 Å². The van der Waals surface area contributed by atoms with E-state index in [0.717, 1.165) is 6.26 Å². The maximum atomic E-state index is 11.1. The standard InChI is InChI=1S/C21H32O15/c1-20-14-19(34-17-12(28)10(26)8(24)6(4-22)32-17)31-3-2-21(14,15(30)16(20)35-20)36-18-13(29)11(27)9(25)7(5-23)33-18/h2-3,6-19,22-30H,4-5H2,1H3/t6-,7-,8-,9-,10+,11-,12-,13-,14-,15-,16+,17+,18+,19+,20-,21+/m1/s1. The molecule has 4 heterocycles. The van der Waals surface area contributed by atoms with E-state index < -0.39 is 110 Å². The van der Waals surface area contributed by atoms with Crippen molar-refractivity contribution in [2.24, 2.45) is 5.92 Å². The Morgan fingerprint density at radius 2 is 1.31 bits per heavy atom. The van der Waals surface area contributed by atoms with Crippen LogP contribution in [0.5, 0.6) is 0 Å². The lowest BCUT2D eigenvalue weighted by molar-refractivity contribution is -0.371. The van der Waals surface area contributed by atoms with Crippen molar-refractivity contribution in [1.29, 1.82) is 0 Å². The maximum absolute atomic E-state index is 11.1. The van der Waals surface area contributed by atoms with Gasteiger partial charge in [-0.3, -0.25) is 0 Å². The fourth-order valence-corrected chi connectivity index (χ4v) is 5.69. The van der Waals surface area contributed by atoms with E-state index in [1.165, 1.54) is 6.08 Å². The van der Waals surface area contributed by atoms with Crippen molar-refractivity contribution in [1.82, 2.24) is 0 Å². The molecule has 0 radical (unpaired) electrons. The first-order valence-electron chi connectivity index (χ1n) is 11.6. The predicted molar refractivity (Wildman–Crippen MR) is 109 cm³/mol. The van der Waals surface area contributed by atoms with Gasteiger partial charge in [-0.1, -0.05) is 0 Å². The van der Waals surface area contributed by atoms with Gasteiger partial charge in [0.15, 0.2) is 12.6 Å². The average Bonchev–Trinajstić information content (AvgIpc) is 3.51. The molecule has 0 amide bonds. The molecule has 1 saturated carbocycles. The molecule has 3 saturated heterocycles. The van der Waals surface area contributed by atoms with Crippen LogP contribution in [0.2, 0.25) is 0 Å². The molecule has 15 nitrogen and oxygen atoms in total. The van der Waals surface area contributed by atoms with Gasteiger partial charge in [0, 0.05) is 0 Å². The summed E-state index contributed by atoms with van der Waals surface area (Å²) in [5.41, 5.74) is -2.78. The number of aliphatic hydroxyl groups excluding tert-OH is 9. The highest BCUT2D eigenvalue weighted by molar-refractivity contribution is 5.32. The molecule has 0 aromatic rings. The highest BCUT2D eigenvalue weighted by atomic mass is 16.8. The minimum absolute atomic E-state index is 0.675. The van der Waals surface area contributed by atoms with Gasteiger partial charge in [-0.25, -0.2) is 0 Å². The summed E-state index contributed by atoms with van der Waals surface area (Å²) in [6.45, 7) is 0.288. The number of aliphatic hydroxyl groups is 9. The van der Waals surface area contributed by atoms with Crippen LogP contribution in [0.15, 0.2) is 12.3 Å². The van der Waals surface area contributed by atoms with Crippen LogP contribution < -0.4 is 0 Å². The minimum Gasteiger partial charge on any atom is -0.472 e. The molecule has 15 heteroatoms. The van der Waals surface area contributed by atoms with E-state index in [1.807, 2.05) is 0 Å². The monoisotopic (exact) mass is 524 g/mol. The SMILES string of the molecule is C[C@]12O[C@H]1[C@@H](O)[C@]1(O[C@@H]3O[C@H](CO)[C@@H](O)[C@@H](O)[C@H]3O)C=CO[C@@H](O[C@@H]3O[C@H](CO)[C@@H](O)[C@H](O)[C@H]3O)[C@H]21.